The number of aryl methyl sites for hydroxylation is 2. The van der Waals surface area contributed by atoms with Crippen molar-refractivity contribution in [3.8, 4) is 22.5 Å². The number of esters is 1. The van der Waals surface area contributed by atoms with E-state index in [0.29, 0.717) is 18.7 Å². The Bertz CT molecular complexity index is 1400. The molecule has 0 N–H and O–H groups in total. The first-order chi connectivity index (χ1) is 16.4. The van der Waals surface area contributed by atoms with E-state index >= 15 is 0 Å². The first-order valence-electron chi connectivity index (χ1n) is 11.9. The van der Waals surface area contributed by atoms with Crippen molar-refractivity contribution in [2.45, 2.75) is 34.6 Å². The maximum absolute atomic E-state index is 12.9. The lowest BCUT2D eigenvalue weighted by Gasteiger charge is -2.22. The summed E-state index contributed by atoms with van der Waals surface area (Å²) < 4.78 is 11.9. The summed E-state index contributed by atoms with van der Waals surface area (Å²) in [7, 11) is 2.08. The van der Waals surface area contributed by atoms with E-state index in [2.05, 4.69) is 55.9 Å². The van der Waals surface area contributed by atoms with Crippen LogP contribution in [-0.2, 0) is 4.74 Å². The van der Waals surface area contributed by atoms with E-state index in [1.165, 1.54) is 0 Å². The van der Waals surface area contributed by atoms with Crippen LogP contribution in [0, 0.1) is 13.8 Å². The van der Waals surface area contributed by atoms with Gasteiger partial charge in [0.15, 0.2) is 0 Å². The molecular weight excluding hydrogens is 424 g/mol. The Balaban J connectivity index is 2.16. The number of nitrogens with zero attached hydrogens (tertiary/aromatic N) is 2. The third kappa shape index (κ3) is 4.18. The molecular formula is C29H32N2O3. The number of hydrogen-bond donors (Lipinski definition) is 0. The predicted molar refractivity (Wildman–Crippen MR) is 139 cm³/mol. The van der Waals surface area contributed by atoms with Gasteiger partial charge in [0.2, 0.25) is 0 Å². The molecule has 0 aromatic heterocycles. The molecule has 1 aliphatic carbocycles. The zero-order chi connectivity index (χ0) is 24.4. The normalized spacial score (nSPS) is 11.9. The smallest absolute Gasteiger partial charge is 0.338 e. The summed E-state index contributed by atoms with van der Waals surface area (Å²) in [6.07, 6.45) is 0. The highest BCUT2D eigenvalue weighted by molar-refractivity contribution is 6.08. The van der Waals surface area contributed by atoms with Crippen LogP contribution < -0.4 is 10.3 Å². The zero-order valence-electron chi connectivity index (χ0n) is 20.9. The van der Waals surface area contributed by atoms with Crippen LogP contribution in [0.3, 0.4) is 0 Å². The van der Waals surface area contributed by atoms with Gasteiger partial charge >= 0.3 is 5.97 Å². The standard InChI is InChI=1S/C29H32N2O3/c1-7-30-24-16-26-22(14-18(24)4)28(20-12-10-11-13-21(20)29(32)33-9-3)23-15-19(5)25(31(6)8-2)17-27(23)34-26/h10-17H,7-9H2,1-6H3/b30-24+. The molecule has 0 saturated heterocycles. The Morgan fingerprint density at radius 1 is 1.00 bits per heavy atom. The van der Waals surface area contributed by atoms with E-state index in [4.69, 9.17) is 9.15 Å². The van der Waals surface area contributed by atoms with Crippen molar-refractivity contribution in [3.63, 3.8) is 0 Å². The number of rotatable bonds is 6. The number of benzene rings is 3. The van der Waals surface area contributed by atoms with Crippen molar-refractivity contribution in [2.24, 2.45) is 4.99 Å². The largest absolute Gasteiger partial charge is 0.462 e. The van der Waals surface area contributed by atoms with Gasteiger partial charge in [0, 0.05) is 54.5 Å². The monoisotopic (exact) mass is 456 g/mol. The van der Waals surface area contributed by atoms with Crippen molar-refractivity contribution >= 4 is 22.6 Å². The summed E-state index contributed by atoms with van der Waals surface area (Å²) in [5.41, 5.74) is 7.41. The van der Waals surface area contributed by atoms with Crippen LogP contribution >= 0.6 is 0 Å². The van der Waals surface area contributed by atoms with Crippen LogP contribution in [0.4, 0.5) is 5.69 Å². The summed E-state index contributed by atoms with van der Waals surface area (Å²) in [4.78, 5) is 19.7. The van der Waals surface area contributed by atoms with Crippen molar-refractivity contribution < 1.29 is 13.9 Å². The second-order valence-electron chi connectivity index (χ2n) is 8.50. The predicted octanol–water partition coefficient (Wildman–Crippen LogP) is 6.37. The van der Waals surface area contributed by atoms with Gasteiger partial charge in [0.25, 0.3) is 0 Å². The van der Waals surface area contributed by atoms with Crippen LogP contribution in [0.15, 0.2) is 57.9 Å². The van der Waals surface area contributed by atoms with Gasteiger partial charge in [-0.25, -0.2) is 4.79 Å². The van der Waals surface area contributed by atoms with Gasteiger partial charge in [-0.1, -0.05) is 18.2 Å². The summed E-state index contributed by atoms with van der Waals surface area (Å²) in [6.45, 7) is 12.1. The lowest BCUT2D eigenvalue weighted by molar-refractivity contribution is 0.0527. The van der Waals surface area contributed by atoms with E-state index in [-0.39, 0.29) is 5.97 Å². The molecule has 34 heavy (non-hydrogen) atoms. The van der Waals surface area contributed by atoms with E-state index in [9.17, 15) is 4.79 Å². The molecule has 0 spiro atoms. The molecule has 1 aliphatic heterocycles. The topological polar surface area (TPSA) is 55.0 Å². The molecule has 0 radical (unpaired) electrons. The highest BCUT2D eigenvalue weighted by Gasteiger charge is 2.23. The maximum atomic E-state index is 12.9. The Morgan fingerprint density at radius 2 is 1.76 bits per heavy atom. The molecule has 0 unspecified atom stereocenters. The van der Waals surface area contributed by atoms with Crippen LogP contribution in [0.1, 0.15) is 42.3 Å². The zero-order valence-corrected chi connectivity index (χ0v) is 20.9. The average molecular weight is 457 g/mol. The van der Waals surface area contributed by atoms with Gasteiger partial charge in [-0.2, -0.15) is 0 Å². The molecule has 2 aromatic rings. The SMILES string of the molecule is CC/N=c1\cc2oc3cc(N(C)CC)c(C)cc3c(-c3ccccc3C(=O)OCC)c-2cc1C. The van der Waals surface area contributed by atoms with Gasteiger partial charge in [0.05, 0.1) is 17.5 Å². The number of hydrogen-bond acceptors (Lipinski definition) is 5. The third-order valence-electron chi connectivity index (χ3n) is 6.26. The molecule has 2 aromatic carbocycles. The van der Waals surface area contributed by atoms with E-state index < -0.39 is 0 Å². The van der Waals surface area contributed by atoms with Gasteiger partial charge in [0.1, 0.15) is 11.3 Å². The third-order valence-corrected chi connectivity index (χ3v) is 6.26. The molecule has 1 heterocycles. The number of fused-ring (bicyclic) bond motifs is 2. The average Bonchev–Trinajstić information content (AvgIpc) is 2.83. The minimum Gasteiger partial charge on any atom is -0.462 e. The highest BCUT2D eigenvalue weighted by atomic mass is 16.5. The fraction of sp³-hybridized carbons (Fsp3) is 0.310. The molecule has 5 nitrogen and oxygen atoms in total. The Kier molecular flexibility index (Phi) is 6.73. The fourth-order valence-corrected chi connectivity index (χ4v) is 4.48. The molecule has 0 saturated carbocycles. The van der Waals surface area contributed by atoms with Gasteiger partial charge in [-0.05, 0) is 69.5 Å². The summed E-state index contributed by atoms with van der Waals surface area (Å²) in [5, 5.41) is 1.88. The number of carbonyl (C=O) groups excluding carboxylic acids is 1. The second-order valence-corrected chi connectivity index (χ2v) is 8.50. The van der Waals surface area contributed by atoms with E-state index in [1.807, 2.05) is 44.2 Å². The molecule has 176 valence electrons. The van der Waals surface area contributed by atoms with Gasteiger partial charge in [-0.3, -0.25) is 4.99 Å². The first kappa shape index (κ1) is 23.6. The molecule has 0 bridgehead atoms. The Labute approximate surface area is 201 Å². The highest BCUT2D eigenvalue weighted by Crippen LogP contribution is 2.43. The van der Waals surface area contributed by atoms with Gasteiger partial charge < -0.3 is 14.1 Å². The van der Waals surface area contributed by atoms with Crippen LogP contribution in [0.2, 0.25) is 0 Å². The number of carbonyl (C=O) groups is 1. The van der Waals surface area contributed by atoms with Crippen LogP contribution in [-0.4, -0.2) is 32.7 Å². The number of ether oxygens (including phenoxy) is 1. The summed E-state index contributed by atoms with van der Waals surface area (Å²) in [6, 6.07) is 16.0. The van der Waals surface area contributed by atoms with E-state index in [0.717, 1.165) is 62.1 Å². The molecule has 0 atom stereocenters. The molecule has 4 rings (SSSR count). The fourth-order valence-electron chi connectivity index (χ4n) is 4.48. The number of anilines is 1. The maximum Gasteiger partial charge on any atom is 0.338 e. The molecule has 5 heteroatoms. The second kappa shape index (κ2) is 9.72. The van der Waals surface area contributed by atoms with Crippen LogP contribution in [0.5, 0.6) is 0 Å². The summed E-state index contributed by atoms with van der Waals surface area (Å²) >= 11 is 0. The molecule has 0 amide bonds. The lowest BCUT2D eigenvalue weighted by atomic mass is 9.89. The Hall–Kier alpha value is -3.60. The summed E-state index contributed by atoms with van der Waals surface area (Å²) in [5.74, 6) is 0.418. The quantitative estimate of drug-likeness (QED) is 0.250. The minimum atomic E-state index is -0.325. The molecule has 0 fully saturated rings. The van der Waals surface area contributed by atoms with Crippen molar-refractivity contribution in [2.75, 3.05) is 31.6 Å². The first-order valence-corrected chi connectivity index (χ1v) is 11.9. The van der Waals surface area contributed by atoms with Crippen molar-refractivity contribution in [3.05, 3.63) is 70.6 Å². The minimum absolute atomic E-state index is 0.325. The Morgan fingerprint density at radius 3 is 2.47 bits per heavy atom. The molecule has 2 aliphatic rings. The lowest BCUT2D eigenvalue weighted by Crippen LogP contribution is -2.17. The van der Waals surface area contributed by atoms with Crippen molar-refractivity contribution in [1.29, 1.82) is 0 Å². The van der Waals surface area contributed by atoms with Gasteiger partial charge in [-0.15, -0.1) is 0 Å². The van der Waals surface area contributed by atoms with Crippen LogP contribution in [0.25, 0.3) is 33.4 Å². The van der Waals surface area contributed by atoms with E-state index in [1.54, 1.807) is 0 Å². The van der Waals surface area contributed by atoms with Crippen molar-refractivity contribution in [1.82, 2.24) is 0 Å².